The maximum absolute atomic E-state index is 11.3. The Morgan fingerprint density at radius 1 is 1.47 bits per heavy atom. The Morgan fingerprint density at radius 3 is 2.47 bits per heavy atom. The predicted octanol–water partition coefficient (Wildman–Crippen LogP) is 2.36. The van der Waals surface area contributed by atoms with Crippen molar-refractivity contribution in [3.63, 3.8) is 0 Å². The maximum Gasteiger partial charge on any atom is 0.324 e. The van der Waals surface area contributed by atoms with E-state index in [1.54, 1.807) is 0 Å². The number of hydrogen-bond acceptors (Lipinski definition) is 2. The lowest BCUT2D eigenvalue weighted by Crippen LogP contribution is -2.52. The molecule has 1 unspecified atom stereocenters. The molecule has 1 aliphatic carbocycles. The molecule has 88 valence electrons. The van der Waals surface area contributed by atoms with Crippen LogP contribution in [0.1, 0.15) is 46.0 Å². The second kappa shape index (κ2) is 4.97. The van der Waals surface area contributed by atoms with Gasteiger partial charge in [0.05, 0.1) is 0 Å². The number of aliphatic carboxylic acids is 1. The Labute approximate surface area is 92.5 Å². The van der Waals surface area contributed by atoms with Crippen LogP contribution in [0.15, 0.2) is 0 Å². The molecule has 0 aromatic heterocycles. The van der Waals surface area contributed by atoms with E-state index in [2.05, 4.69) is 6.92 Å². The van der Waals surface area contributed by atoms with E-state index in [0.717, 1.165) is 25.8 Å². The first-order chi connectivity index (χ1) is 7.03. The number of unbranched alkanes of at least 4 members (excludes halogenated alkanes) is 2. The molecule has 0 amide bonds. The molecule has 0 saturated heterocycles. The van der Waals surface area contributed by atoms with Gasteiger partial charge in [0, 0.05) is 0 Å². The van der Waals surface area contributed by atoms with Gasteiger partial charge in [-0.25, -0.2) is 0 Å². The zero-order chi connectivity index (χ0) is 11.5. The standard InChI is InChI=1S/C12H23NO2/c1-4-5-6-9-13(3)12(2,11(14)15)10-7-8-10/h10H,4-9H2,1-3H3,(H,14,15). The molecule has 3 heteroatoms. The van der Waals surface area contributed by atoms with Gasteiger partial charge >= 0.3 is 5.97 Å². The molecular weight excluding hydrogens is 190 g/mol. The summed E-state index contributed by atoms with van der Waals surface area (Å²) in [6.07, 6.45) is 5.61. The molecule has 0 heterocycles. The van der Waals surface area contributed by atoms with Crippen molar-refractivity contribution in [2.45, 2.75) is 51.5 Å². The lowest BCUT2D eigenvalue weighted by Gasteiger charge is -2.35. The minimum Gasteiger partial charge on any atom is -0.480 e. The fraction of sp³-hybridized carbons (Fsp3) is 0.917. The molecule has 1 saturated carbocycles. The molecule has 1 N–H and O–H groups in total. The second-order valence-corrected chi connectivity index (χ2v) is 4.86. The molecule has 0 spiro atoms. The van der Waals surface area contributed by atoms with Crippen LogP contribution in [0.3, 0.4) is 0 Å². The van der Waals surface area contributed by atoms with E-state index >= 15 is 0 Å². The fourth-order valence-corrected chi connectivity index (χ4v) is 2.13. The smallest absolute Gasteiger partial charge is 0.324 e. The van der Waals surface area contributed by atoms with Gasteiger partial charge in [-0.2, -0.15) is 0 Å². The second-order valence-electron chi connectivity index (χ2n) is 4.86. The third-order valence-electron chi connectivity index (χ3n) is 3.70. The van der Waals surface area contributed by atoms with Crippen molar-refractivity contribution in [1.29, 1.82) is 0 Å². The van der Waals surface area contributed by atoms with Crippen LogP contribution in [0.2, 0.25) is 0 Å². The van der Waals surface area contributed by atoms with Crippen LogP contribution >= 0.6 is 0 Å². The van der Waals surface area contributed by atoms with Gasteiger partial charge < -0.3 is 5.11 Å². The van der Waals surface area contributed by atoms with Crippen molar-refractivity contribution in [3.05, 3.63) is 0 Å². The number of carbonyl (C=O) groups is 1. The quantitative estimate of drug-likeness (QED) is 0.660. The van der Waals surface area contributed by atoms with E-state index in [1.807, 2.05) is 18.9 Å². The summed E-state index contributed by atoms with van der Waals surface area (Å²) < 4.78 is 0. The fourth-order valence-electron chi connectivity index (χ4n) is 2.13. The Hall–Kier alpha value is -0.570. The van der Waals surface area contributed by atoms with E-state index in [-0.39, 0.29) is 0 Å². The Morgan fingerprint density at radius 2 is 2.07 bits per heavy atom. The van der Waals surface area contributed by atoms with E-state index < -0.39 is 11.5 Å². The summed E-state index contributed by atoms with van der Waals surface area (Å²) in [5, 5.41) is 9.33. The molecule has 1 fully saturated rings. The molecule has 0 aromatic rings. The van der Waals surface area contributed by atoms with E-state index in [1.165, 1.54) is 12.8 Å². The predicted molar refractivity (Wildman–Crippen MR) is 60.9 cm³/mol. The first-order valence-electron chi connectivity index (χ1n) is 5.98. The summed E-state index contributed by atoms with van der Waals surface area (Å²) in [6.45, 7) is 4.93. The number of rotatable bonds is 7. The molecule has 0 aromatic carbocycles. The summed E-state index contributed by atoms with van der Waals surface area (Å²) >= 11 is 0. The van der Waals surface area contributed by atoms with Crippen molar-refractivity contribution in [3.8, 4) is 0 Å². The zero-order valence-corrected chi connectivity index (χ0v) is 10.1. The van der Waals surface area contributed by atoms with Crippen LogP contribution < -0.4 is 0 Å². The lowest BCUT2D eigenvalue weighted by atomic mass is 9.93. The van der Waals surface area contributed by atoms with Crippen LogP contribution in [-0.4, -0.2) is 35.1 Å². The van der Waals surface area contributed by atoms with E-state index in [4.69, 9.17) is 0 Å². The third kappa shape index (κ3) is 2.71. The molecule has 0 bridgehead atoms. The van der Waals surface area contributed by atoms with Gasteiger partial charge in [-0.15, -0.1) is 0 Å². The topological polar surface area (TPSA) is 40.5 Å². The molecule has 0 radical (unpaired) electrons. The molecule has 1 rings (SSSR count). The van der Waals surface area contributed by atoms with Crippen LogP contribution in [0, 0.1) is 5.92 Å². The molecule has 15 heavy (non-hydrogen) atoms. The summed E-state index contributed by atoms with van der Waals surface area (Å²) in [5.74, 6) is -0.300. The van der Waals surface area contributed by atoms with Crippen LogP contribution in [0.25, 0.3) is 0 Å². The molecule has 0 aliphatic heterocycles. The van der Waals surface area contributed by atoms with Gasteiger partial charge in [0.25, 0.3) is 0 Å². The Balaban J connectivity index is 2.51. The van der Waals surface area contributed by atoms with Gasteiger partial charge in [-0.1, -0.05) is 19.8 Å². The SMILES string of the molecule is CCCCCN(C)C(C)(C(=O)O)C1CC1. The molecule has 3 nitrogen and oxygen atoms in total. The minimum atomic E-state index is -0.663. The largest absolute Gasteiger partial charge is 0.480 e. The van der Waals surface area contributed by atoms with Crippen molar-refractivity contribution >= 4 is 5.97 Å². The van der Waals surface area contributed by atoms with Gasteiger partial charge in [-0.3, -0.25) is 9.69 Å². The third-order valence-corrected chi connectivity index (χ3v) is 3.70. The van der Waals surface area contributed by atoms with E-state index in [9.17, 15) is 9.90 Å². The van der Waals surface area contributed by atoms with Crippen molar-refractivity contribution in [1.82, 2.24) is 4.90 Å². The zero-order valence-electron chi connectivity index (χ0n) is 10.1. The van der Waals surface area contributed by atoms with Gasteiger partial charge in [0.1, 0.15) is 5.54 Å². The highest BCUT2D eigenvalue weighted by Gasteiger charge is 2.49. The first kappa shape index (κ1) is 12.5. The average Bonchev–Trinajstić information content (AvgIpc) is 2.99. The van der Waals surface area contributed by atoms with Crippen molar-refractivity contribution in [2.75, 3.05) is 13.6 Å². The summed E-state index contributed by atoms with van der Waals surface area (Å²) in [7, 11) is 1.95. The average molecular weight is 213 g/mol. The summed E-state index contributed by atoms with van der Waals surface area (Å²) in [5.41, 5.74) is -0.631. The lowest BCUT2D eigenvalue weighted by molar-refractivity contribution is -0.151. The van der Waals surface area contributed by atoms with Crippen LogP contribution in [0.5, 0.6) is 0 Å². The monoisotopic (exact) mass is 213 g/mol. The maximum atomic E-state index is 11.3. The minimum absolute atomic E-state index is 0.363. The van der Waals surface area contributed by atoms with Gasteiger partial charge in [0.2, 0.25) is 0 Å². The van der Waals surface area contributed by atoms with E-state index in [0.29, 0.717) is 5.92 Å². The molecule has 1 aliphatic rings. The van der Waals surface area contributed by atoms with Gasteiger partial charge in [-0.05, 0) is 45.7 Å². The number of hydrogen-bond donors (Lipinski definition) is 1. The van der Waals surface area contributed by atoms with Gasteiger partial charge in [0.15, 0.2) is 0 Å². The first-order valence-corrected chi connectivity index (χ1v) is 5.98. The Kier molecular flexibility index (Phi) is 4.14. The molecular formula is C12H23NO2. The normalized spacial score (nSPS) is 20.3. The number of carboxylic acids is 1. The highest BCUT2D eigenvalue weighted by Crippen LogP contribution is 2.42. The molecule has 1 atom stereocenters. The highest BCUT2D eigenvalue weighted by atomic mass is 16.4. The van der Waals surface area contributed by atoms with Crippen LogP contribution in [-0.2, 0) is 4.79 Å². The summed E-state index contributed by atoms with van der Waals surface area (Å²) in [4.78, 5) is 13.4. The number of carboxylic acid groups (broad SMARTS) is 1. The van der Waals surface area contributed by atoms with Crippen molar-refractivity contribution < 1.29 is 9.90 Å². The van der Waals surface area contributed by atoms with Crippen LogP contribution in [0.4, 0.5) is 0 Å². The Bertz CT molecular complexity index is 226. The number of likely N-dealkylation sites (N-methyl/N-ethyl adjacent to an activating group) is 1. The number of nitrogens with zero attached hydrogens (tertiary/aromatic N) is 1. The highest BCUT2D eigenvalue weighted by molar-refractivity contribution is 5.79. The van der Waals surface area contributed by atoms with Crippen molar-refractivity contribution in [2.24, 2.45) is 5.92 Å². The summed E-state index contributed by atoms with van der Waals surface area (Å²) in [6, 6.07) is 0.